The van der Waals surface area contributed by atoms with Crippen LogP contribution in [0.4, 0.5) is 0 Å². The van der Waals surface area contributed by atoms with E-state index in [2.05, 4.69) is 0 Å². The lowest BCUT2D eigenvalue weighted by Crippen LogP contribution is -2.65. The normalized spacial score (nSPS) is 25.1. The van der Waals surface area contributed by atoms with Crippen molar-refractivity contribution in [3.05, 3.63) is 144 Å². The van der Waals surface area contributed by atoms with Gasteiger partial charge in [0, 0.05) is 20.8 Å². The second-order valence-corrected chi connectivity index (χ2v) is 14.3. The number of aliphatic hydroxyl groups excluding tert-OH is 1. The minimum Gasteiger partial charge on any atom is -0.463 e. The third kappa shape index (κ3) is 12.1. The van der Waals surface area contributed by atoms with E-state index < -0.39 is 116 Å². The Morgan fingerprint density at radius 2 is 0.766 bits per heavy atom. The van der Waals surface area contributed by atoms with Gasteiger partial charge < -0.3 is 52.5 Å². The van der Waals surface area contributed by atoms with E-state index in [1.807, 2.05) is 0 Å². The molecule has 10 atom stereocenters. The summed E-state index contributed by atoms with van der Waals surface area (Å²) in [5.41, 5.74) is 0.237. The summed E-state index contributed by atoms with van der Waals surface area (Å²) in [5, 5.41) is 11.5. The van der Waals surface area contributed by atoms with E-state index in [1.165, 1.54) is 48.5 Å². The topological polar surface area (TPSA) is 232 Å². The number of carbonyl (C=O) groups excluding carboxylic acids is 7. The van der Waals surface area contributed by atoms with Gasteiger partial charge in [-0.1, -0.05) is 72.8 Å². The molecule has 0 unspecified atom stereocenters. The van der Waals surface area contributed by atoms with Crippen LogP contribution in [0.1, 0.15) is 62.2 Å². The van der Waals surface area contributed by atoms with Crippen LogP contribution in [0.25, 0.3) is 0 Å². The maximum absolute atomic E-state index is 13.7. The number of rotatable bonds is 15. The third-order valence-corrected chi connectivity index (χ3v) is 9.69. The van der Waals surface area contributed by atoms with Gasteiger partial charge in [-0.05, 0) is 48.5 Å². The molecular formula is C46H44O18. The number of esters is 7. The largest absolute Gasteiger partial charge is 0.463 e. The van der Waals surface area contributed by atoms with Crippen LogP contribution >= 0.6 is 0 Å². The monoisotopic (exact) mass is 884 g/mol. The number of benzene rings is 4. The van der Waals surface area contributed by atoms with Crippen molar-refractivity contribution in [3.63, 3.8) is 0 Å². The van der Waals surface area contributed by atoms with Crippen molar-refractivity contribution in [2.45, 2.75) is 82.2 Å². The average Bonchev–Trinajstić information content (AvgIpc) is 3.29. The standard InChI is InChI=1S/C46H44O18/c1-26(47)55-24-34-36(58-28(3)49)38(62-42(51)30-18-10-5-11-19-30)40(64-44(53)32-22-14-7-15-23-32)46(60-34)56-25-33-35(57-27(2)48)37(61-41(50)29-16-8-4-9-17-29)39(45(54)59-33)63-43(52)31-20-12-6-13-21-31/h4-23,33-40,45-46,54H,24-25H2,1-3H3/t33-,34-,35-,36-,37+,38+,39-,40-,45-,46-/m1/s1. The molecule has 1 N–H and O–H groups in total. The maximum atomic E-state index is 13.7. The minimum atomic E-state index is -2.05. The lowest BCUT2D eigenvalue weighted by atomic mass is 9.97. The third-order valence-electron chi connectivity index (χ3n) is 9.69. The van der Waals surface area contributed by atoms with Gasteiger partial charge in [-0.15, -0.1) is 0 Å². The molecule has 2 fully saturated rings. The van der Waals surface area contributed by atoms with Crippen LogP contribution in [0, 0.1) is 0 Å². The number of hydrogen-bond donors (Lipinski definition) is 1. The Morgan fingerprint density at radius 1 is 0.422 bits per heavy atom. The van der Waals surface area contributed by atoms with Crippen LogP contribution in [0.3, 0.4) is 0 Å². The lowest BCUT2D eigenvalue weighted by Gasteiger charge is -2.46. The van der Waals surface area contributed by atoms with Crippen molar-refractivity contribution >= 4 is 41.8 Å². The summed E-state index contributed by atoms with van der Waals surface area (Å²) in [6, 6.07) is 30.7. The summed E-state index contributed by atoms with van der Waals surface area (Å²) < 4.78 is 58.1. The fraction of sp³-hybridized carbons (Fsp3) is 0.326. The molecule has 0 radical (unpaired) electrons. The highest BCUT2D eigenvalue weighted by Gasteiger charge is 2.56. The summed E-state index contributed by atoms with van der Waals surface area (Å²) in [7, 11) is 0. The molecule has 2 aliphatic heterocycles. The molecule has 0 spiro atoms. The van der Waals surface area contributed by atoms with Gasteiger partial charge in [-0.25, -0.2) is 19.2 Å². The Balaban J connectivity index is 1.37. The predicted molar refractivity (Wildman–Crippen MR) is 216 cm³/mol. The van der Waals surface area contributed by atoms with E-state index in [9.17, 15) is 38.7 Å². The molecule has 0 aliphatic carbocycles. The maximum Gasteiger partial charge on any atom is 0.338 e. The molecule has 0 amide bonds. The highest BCUT2D eigenvalue weighted by molar-refractivity contribution is 5.91. The lowest BCUT2D eigenvalue weighted by molar-refractivity contribution is -0.325. The van der Waals surface area contributed by atoms with Crippen LogP contribution in [0.2, 0.25) is 0 Å². The molecule has 0 bridgehead atoms. The first-order chi connectivity index (χ1) is 30.8. The quantitative estimate of drug-likeness (QED) is 0.132. The fourth-order valence-electron chi connectivity index (χ4n) is 6.82. The summed E-state index contributed by atoms with van der Waals surface area (Å²) in [6.45, 7) is 1.90. The Labute approximate surface area is 366 Å². The van der Waals surface area contributed by atoms with Gasteiger partial charge in [-0.3, -0.25) is 14.4 Å². The zero-order valence-corrected chi connectivity index (χ0v) is 34.6. The Kier molecular flexibility index (Phi) is 15.9. The van der Waals surface area contributed by atoms with Gasteiger partial charge in [0.05, 0.1) is 28.9 Å². The van der Waals surface area contributed by atoms with Crippen molar-refractivity contribution in [2.75, 3.05) is 13.2 Å². The molecular weight excluding hydrogens is 840 g/mol. The van der Waals surface area contributed by atoms with Crippen molar-refractivity contribution in [1.29, 1.82) is 0 Å². The van der Waals surface area contributed by atoms with Crippen molar-refractivity contribution in [2.24, 2.45) is 0 Å². The van der Waals surface area contributed by atoms with Crippen molar-refractivity contribution in [3.8, 4) is 0 Å². The molecule has 0 aromatic heterocycles. The summed E-state index contributed by atoms with van der Waals surface area (Å²) in [5.74, 6) is -6.33. The molecule has 336 valence electrons. The highest BCUT2D eigenvalue weighted by Crippen LogP contribution is 2.34. The first-order valence-electron chi connectivity index (χ1n) is 19.9. The van der Waals surface area contributed by atoms with E-state index in [0.29, 0.717) is 0 Å². The molecule has 6 rings (SSSR count). The first kappa shape index (κ1) is 46.5. The molecule has 18 heteroatoms. The second kappa shape index (κ2) is 21.9. The molecule has 4 aromatic carbocycles. The molecule has 2 heterocycles. The number of aliphatic hydroxyl groups is 1. The molecule has 2 saturated heterocycles. The summed E-state index contributed by atoms with van der Waals surface area (Å²) >= 11 is 0. The number of hydrogen-bond acceptors (Lipinski definition) is 18. The van der Waals surface area contributed by atoms with Crippen molar-refractivity contribution < 1.29 is 86.0 Å². The van der Waals surface area contributed by atoms with Gasteiger partial charge in [0.15, 0.2) is 49.2 Å². The van der Waals surface area contributed by atoms with Crippen LogP contribution < -0.4 is 0 Å². The van der Waals surface area contributed by atoms with E-state index in [-0.39, 0.29) is 22.3 Å². The van der Waals surface area contributed by atoms with E-state index >= 15 is 0 Å². The van der Waals surface area contributed by atoms with E-state index in [4.69, 9.17) is 47.4 Å². The van der Waals surface area contributed by atoms with Gasteiger partial charge in [0.2, 0.25) is 0 Å². The Hall–Kier alpha value is -6.99. The zero-order chi connectivity index (χ0) is 45.8. The van der Waals surface area contributed by atoms with Gasteiger partial charge in [-0.2, -0.15) is 0 Å². The molecule has 4 aromatic rings. The smallest absolute Gasteiger partial charge is 0.338 e. The molecule has 0 saturated carbocycles. The SMILES string of the molecule is CC(=O)OC[C@H]1O[C@@H](OC[C@H]2O[C@@H](O)[C@H](OC(=O)c3ccccc3)[C@@H](OC(=O)c3ccccc3)[C@@H]2OC(C)=O)[C@H](OC(=O)c2ccccc2)[C@@H](OC(=O)c2ccccc2)[C@@H]1OC(C)=O. The minimum absolute atomic E-state index is 0.0493. The van der Waals surface area contributed by atoms with Crippen LogP contribution in [0.5, 0.6) is 0 Å². The zero-order valence-electron chi connectivity index (χ0n) is 34.6. The van der Waals surface area contributed by atoms with Crippen LogP contribution in [-0.2, 0) is 61.8 Å². The van der Waals surface area contributed by atoms with Gasteiger partial charge >= 0.3 is 41.8 Å². The van der Waals surface area contributed by atoms with Crippen LogP contribution in [-0.4, -0.2) is 122 Å². The van der Waals surface area contributed by atoms with E-state index in [1.54, 1.807) is 72.8 Å². The Bertz CT molecular complexity index is 2240. The molecule has 2 aliphatic rings. The average molecular weight is 885 g/mol. The van der Waals surface area contributed by atoms with Gasteiger partial charge in [0.25, 0.3) is 0 Å². The number of carbonyl (C=O) groups is 7. The highest BCUT2D eigenvalue weighted by atomic mass is 16.7. The fourth-order valence-corrected chi connectivity index (χ4v) is 6.82. The summed E-state index contributed by atoms with van der Waals surface area (Å²) in [6.07, 6.45) is -17.1. The van der Waals surface area contributed by atoms with Crippen LogP contribution in [0.15, 0.2) is 121 Å². The Morgan fingerprint density at radius 3 is 1.14 bits per heavy atom. The summed E-state index contributed by atoms with van der Waals surface area (Å²) in [4.78, 5) is 91.7. The predicted octanol–water partition coefficient (Wildman–Crippen LogP) is 3.77. The second-order valence-electron chi connectivity index (χ2n) is 14.3. The van der Waals surface area contributed by atoms with Crippen molar-refractivity contribution in [1.82, 2.24) is 0 Å². The molecule has 18 nitrogen and oxygen atoms in total. The molecule has 64 heavy (non-hydrogen) atoms. The van der Waals surface area contributed by atoms with E-state index in [0.717, 1.165) is 20.8 Å². The first-order valence-corrected chi connectivity index (χ1v) is 19.9. The number of ether oxygens (including phenoxy) is 10. The van der Waals surface area contributed by atoms with Gasteiger partial charge in [0.1, 0.15) is 18.8 Å².